The van der Waals surface area contributed by atoms with Crippen molar-refractivity contribution >= 4 is 35.9 Å². The third kappa shape index (κ3) is 4.70. The van der Waals surface area contributed by atoms with Gasteiger partial charge in [0.1, 0.15) is 5.75 Å². The maximum absolute atomic E-state index is 11.4. The number of aromatic nitrogens is 1. The number of pyridine rings is 1. The van der Waals surface area contributed by atoms with Gasteiger partial charge in [0.15, 0.2) is 0 Å². The fraction of sp³-hybridized carbons (Fsp3) is 0.167. The van der Waals surface area contributed by atoms with Gasteiger partial charge >= 0.3 is 11.9 Å². The number of esters is 2. The Morgan fingerprint density at radius 1 is 1.17 bits per heavy atom. The SMILES string of the molecule is COC(=O)c1ccc(/C=C/c2cc(SC)ccc2OC(C)=O)nc1. The van der Waals surface area contributed by atoms with Crippen molar-refractivity contribution in [1.29, 1.82) is 0 Å². The highest BCUT2D eigenvalue weighted by Gasteiger charge is 2.06. The normalized spacial score (nSPS) is 10.6. The van der Waals surface area contributed by atoms with E-state index in [0.29, 0.717) is 17.0 Å². The summed E-state index contributed by atoms with van der Waals surface area (Å²) in [6, 6.07) is 8.95. The summed E-state index contributed by atoms with van der Waals surface area (Å²) in [6.07, 6.45) is 7.03. The number of ether oxygens (including phenoxy) is 2. The molecule has 5 nitrogen and oxygen atoms in total. The molecule has 0 bridgehead atoms. The summed E-state index contributed by atoms with van der Waals surface area (Å²) < 4.78 is 9.85. The van der Waals surface area contributed by atoms with Gasteiger partial charge in [-0.2, -0.15) is 0 Å². The van der Waals surface area contributed by atoms with Crippen LogP contribution in [-0.2, 0) is 9.53 Å². The molecule has 0 fully saturated rings. The molecule has 2 rings (SSSR count). The van der Waals surface area contributed by atoms with Gasteiger partial charge in [-0.15, -0.1) is 11.8 Å². The Balaban J connectivity index is 2.26. The van der Waals surface area contributed by atoms with Crippen molar-refractivity contribution in [3.8, 4) is 5.75 Å². The van der Waals surface area contributed by atoms with E-state index >= 15 is 0 Å². The Kier molecular flexibility index (Phi) is 6.14. The molecule has 0 N–H and O–H groups in total. The van der Waals surface area contributed by atoms with Crippen LogP contribution >= 0.6 is 11.8 Å². The number of benzene rings is 1. The molecule has 0 saturated carbocycles. The van der Waals surface area contributed by atoms with E-state index in [1.165, 1.54) is 20.2 Å². The highest BCUT2D eigenvalue weighted by molar-refractivity contribution is 7.98. The average molecular weight is 343 g/mol. The van der Waals surface area contributed by atoms with Crippen LogP contribution in [0.3, 0.4) is 0 Å². The van der Waals surface area contributed by atoms with E-state index in [4.69, 9.17) is 4.74 Å². The first-order valence-corrected chi connectivity index (χ1v) is 8.35. The minimum atomic E-state index is -0.428. The van der Waals surface area contributed by atoms with Crippen LogP contribution in [0.15, 0.2) is 41.4 Å². The standard InChI is InChI=1S/C18H17NO4S/c1-12(20)23-17-9-8-16(24-3)10-13(17)4-6-15-7-5-14(11-19-15)18(21)22-2/h4-11H,1-3H3/b6-4+. The number of thioether (sulfide) groups is 1. The van der Waals surface area contributed by atoms with Crippen molar-refractivity contribution in [3.63, 3.8) is 0 Å². The van der Waals surface area contributed by atoms with Gasteiger partial charge in [0.2, 0.25) is 0 Å². The summed E-state index contributed by atoms with van der Waals surface area (Å²) in [5.41, 5.74) is 1.83. The zero-order valence-electron chi connectivity index (χ0n) is 13.6. The van der Waals surface area contributed by atoms with Gasteiger partial charge in [0.25, 0.3) is 0 Å². The third-order valence-electron chi connectivity index (χ3n) is 3.11. The van der Waals surface area contributed by atoms with Gasteiger partial charge in [-0.25, -0.2) is 4.79 Å². The monoisotopic (exact) mass is 343 g/mol. The van der Waals surface area contributed by atoms with Crippen LogP contribution in [0.25, 0.3) is 12.2 Å². The second-order valence-corrected chi connectivity index (χ2v) is 5.67. The van der Waals surface area contributed by atoms with Crippen LogP contribution in [-0.4, -0.2) is 30.3 Å². The molecular formula is C18H17NO4S. The molecule has 1 aromatic carbocycles. The maximum Gasteiger partial charge on any atom is 0.339 e. The molecule has 0 aliphatic rings. The first kappa shape index (κ1) is 17.7. The maximum atomic E-state index is 11.4. The fourth-order valence-electron chi connectivity index (χ4n) is 1.95. The highest BCUT2D eigenvalue weighted by atomic mass is 32.2. The number of nitrogens with zero attached hydrogens (tertiary/aromatic N) is 1. The molecule has 24 heavy (non-hydrogen) atoms. The van der Waals surface area contributed by atoms with Gasteiger partial charge < -0.3 is 9.47 Å². The molecule has 0 radical (unpaired) electrons. The average Bonchev–Trinajstić information content (AvgIpc) is 2.60. The molecule has 2 aromatic rings. The highest BCUT2D eigenvalue weighted by Crippen LogP contribution is 2.26. The van der Waals surface area contributed by atoms with Gasteiger partial charge in [-0.05, 0) is 48.7 Å². The number of hydrogen-bond acceptors (Lipinski definition) is 6. The predicted molar refractivity (Wildman–Crippen MR) is 94.0 cm³/mol. The summed E-state index contributed by atoms with van der Waals surface area (Å²) >= 11 is 1.60. The lowest BCUT2D eigenvalue weighted by Gasteiger charge is -2.07. The third-order valence-corrected chi connectivity index (χ3v) is 3.84. The van der Waals surface area contributed by atoms with Gasteiger partial charge in [0.05, 0.1) is 18.4 Å². The minimum absolute atomic E-state index is 0.373. The molecule has 0 atom stereocenters. The molecule has 0 unspecified atom stereocenters. The smallest absolute Gasteiger partial charge is 0.339 e. The number of methoxy groups -OCH3 is 1. The van der Waals surface area contributed by atoms with Gasteiger partial charge in [-0.3, -0.25) is 9.78 Å². The molecule has 1 heterocycles. The van der Waals surface area contributed by atoms with Crippen molar-refractivity contribution < 1.29 is 19.1 Å². The Hall–Kier alpha value is -2.60. The van der Waals surface area contributed by atoms with E-state index < -0.39 is 5.97 Å². The summed E-state index contributed by atoms with van der Waals surface area (Å²) in [5, 5.41) is 0. The predicted octanol–water partition coefficient (Wildman–Crippen LogP) is 3.69. The van der Waals surface area contributed by atoms with E-state index in [9.17, 15) is 9.59 Å². The van der Waals surface area contributed by atoms with Crippen LogP contribution in [0.4, 0.5) is 0 Å². The summed E-state index contributed by atoms with van der Waals surface area (Å²) in [7, 11) is 1.32. The molecule has 1 aromatic heterocycles. The minimum Gasteiger partial charge on any atom is -0.465 e. The zero-order valence-corrected chi connectivity index (χ0v) is 14.4. The lowest BCUT2D eigenvalue weighted by molar-refractivity contribution is -0.131. The van der Waals surface area contributed by atoms with Crippen LogP contribution < -0.4 is 4.74 Å². The number of carbonyl (C=O) groups is 2. The van der Waals surface area contributed by atoms with E-state index in [0.717, 1.165) is 10.5 Å². The van der Waals surface area contributed by atoms with Crippen molar-refractivity contribution in [2.45, 2.75) is 11.8 Å². The Labute approximate surface area is 144 Å². The number of carbonyl (C=O) groups excluding carboxylic acids is 2. The second kappa shape index (κ2) is 8.31. The zero-order chi connectivity index (χ0) is 17.5. The Bertz CT molecular complexity index is 769. The first-order chi connectivity index (χ1) is 11.5. The molecule has 124 valence electrons. The molecule has 0 aliphatic heterocycles. The van der Waals surface area contributed by atoms with Gasteiger partial charge in [-0.1, -0.05) is 0 Å². The Morgan fingerprint density at radius 3 is 2.54 bits per heavy atom. The summed E-state index contributed by atoms with van der Waals surface area (Å²) in [4.78, 5) is 27.9. The molecule has 0 aliphatic carbocycles. The van der Waals surface area contributed by atoms with Crippen LogP contribution in [0, 0.1) is 0 Å². The molecule has 0 amide bonds. The summed E-state index contributed by atoms with van der Waals surface area (Å²) in [5.74, 6) is -0.312. The molecule has 6 heteroatoms. The lowest BCUT2D eigenvalue weighted by atomic mass is 10.1. The van der Waals surface area contributed by atoms with Crippen molar-refractivity contribution in [3.05, 3.63) is 53.3 Å². The molecule has 0 spiro atoms. The summed E-state index contributed by atoms with van der Waals surface area (Å²) in [6.45, 7) is 1.36. The number of hydrogen-bond donors (Lipinski definition) is 0. The largest absolute Gasteiger partial charge is 0.465 e. The lowest BCUT2D eigenvalue weighted by Crippen LogP contribution is -2.02. The van der Waals surface area contributed by atoms with Crippen LogP contribution in [0.5, 0.6) is 5.75 Å². The van der Waals surface area contributed by atoms with Crippen LogP contribution in [0.2, 0.25) is 0 Å². The number of rotatable bonds is 5. The Morgan fingerprint density at radius 2 is 1.96 bits per heavy atom. The second-order valence-electron chi connectivity index (χ2n) is 4.79. The quantitative estimate of drug-likeness (QED) is 0.469. The fourth-order valence-corrected chi connectivity index (χ4v) is 2.40. The van der Waals surface area contributed by atoms with Crippen molar-refractivity contribution in [2.75, 3.05) is 13.4 Å². The van der Waals surface area contributed by atoms with E-state index in [-0.39, 0.29) is 5.97 Å². The van der Waals surface area contributed by atoms with E-state index in [1.54, 1.807) is 36.0 Å². The van der Waals surface area contributed by atoms with Crippen molar-refractivity contribution in [1.82, 2.24) is 4.98 Å². The molecule has 0 saturated heterocycles. The van der Waals surface area contributed by atoms with Crippen LogP contribution in [0.1, 0.15) is 28.5 Å². The van der Waals surface area contributed by atoms with Gasteiger partial charge in [0, 0.05) is 23.6 Å². The van der Waals surface area contributed by atoms with Crippen molar-refractivity contribution in [2.24, 2.45) is 0 Å². The molecular weight excluding hydrogens is 326 g/mol. The topological polar surface area (TPSA) is 65.5 Å². The first-order valence-electron chi connectivity index (χ1n) is 7.12. The van der Waals surface area contributed by atoms with E-state index in [2.05, 4.69) is 9.72 Å². The van der Waals surface area contributed by atoms with E-state index in [1.807, 2.05) is 24.5 Å².